The molecule has 1 aromatic carbocycles. The Morgan fingerprint density at radius 2 is 1.90 bits per heavy atom. The maximum atomic E-state index is 14.1. The zero-order valence-corrected chi connectivity index (χ0v) is 12.9. The first kappa shape index (κ1) is 15.6. The van der Waals surface area contributed by atoms with Crippen molar-refractivity contribution in [2.24, 2.45) is 7.05 Å². The van der Waals surface area contributed by atoms with Gasteiger partial charge >= 0.3 is 0 Å². The molecule has 5 heteroatoms. The minimum atomic E-state index is -0.511. The lowest BCUT2D eigenvalue weighted by atomic mass is 9.99. The van der Waals surface area contributed by atoms with Gasteiger partial charge in [0.15, 0.2) is 0 Å². The molecule has 21 heavy (non-hydrogen) atoms. The van der Waals surface area contributed by atoms with Crippen molar-refractivity contribution in [3.63, 3.8) is 0 Å². The first-order valence-electron chi connectivity index (χ1n) is 7.10. The van der Waals surface area contributed by atoms with Gasteiger partial charge < -0.3 is 5.32 Å². The standard InChI is InChI=1S/C16H21F2N3/c1-5-19-16(8-12-7-11(3)20-21(12)4)13-6-10(2)14(17)9-15(13)18/h6-7,9,16,19H,5,8H2,1-4H3. The predicted molar refractivity (Wildman–Crippen MR) is 79.2 cm³/mol. The summed E-state index contributed by atoms with van der Waals surface area (Å²) in [6, 6.07) is 4.33. The molecule has 0 bridgehead atoms. The van der Waals surface area contributed by atoms with E-state index in [0.29, 0.717) is 24.1 Å². The third-order valence-electron chi connectivity index (χ3n) is 3.62. The Kier molecular flexibility index (Phi) is 4.73. The lowest BCUT2D eigenvalue weighted by Gasteiger charge is -2.20. The monoisotopic (exact) mass is 293 g/mol. The fourth-order valence-electron chi connectivity index (χ4n) is 2.55. The molecule has 3 nitrogen and oxygen atoms in total. The van der Waals surface area contributed by atoms with Crippen LogP contribution in [-0.2, 0) is 13.5 Å². The third kappa shape index (κ3) is 3.47. The summed E-state index contributed by atoms with van der Waals surface area (Å²) in [7, 11) is 1.87. The second-order valence-electron chi connectivity index (χ2n) is 5.34. The number of hydrogen-bond acceptors (Lipinski definition) is 2. The summed E-state index contributed by atoms with van der Waals surface area (Å²) in [6.07, 6.45) is 0.604. The van der Waals surface area contributed by atoms with E-state index in [9.17, 15) is 8.78 Å². The van der Waals surface area contributed by atoms with Crippen LogP contribution >= 0.6 is 0 Å². The van der Waals surface area contributed by atoms with Crippen LogP contribution in [0, 0.1) is 25.5 Å². The van der Waals surface area contributed by atoms with E-state index in [0.717, 1.165) is 17.5 Å². The molecular weight excluding hydrogens is 272 g/mol. The van der Waals surface area contributed by atoms with Crippen LogP contribution in [0.3, 0.4) is 0 Å². The number of hydrogen-bond donors (Lipinski definition) is 1. The van der Waals surface area contributed by atoms with E-state index in [1.165, 1.54) is 0 Å². The van der Waals surface area contributed by atoms with E-state index in [1.807, 2.05) is 27.0 Å². The molecule has 1 heterocycles. The second kappa shape index (κ2) is 6.35. The normalized spacial score (nSPS) is 12.7. The van der Waals surface area contributed by atoms with Gasteiger partial charge in [0, 0.05) is 36.8 Å². The van der Waals surface area contributed by atoms with Crippen LogP contribution in [0.5, 0.6) is 0 Å². The molecule has 114 valence electrons. The Bertz CT molecular complexity index is 635. The molecule has 2 rings (SSSR count). The zero-order valence-electron chi connectivity index (χ0n) is 12.9. The van der Waals surface area contributed by atoms with E-state index in [1.54, 1.807) is 17.7 Å². The molecule has 0 aliphatic heterocycles. The summed E-state index contributed by atoms with van der Waals surface area (Å²) < 4.78 is 29.3. The van der Waals surface area contributed by atoms with Crippen molar-refractivity contribution in [2.75, 3.05) is 6.54 Å². The minimum Gasteiger partial charge on any atom is -0.310 e. The Morgan fingerprint density at radius 3 is 2.48 bits per heavy atom. The molecule has 1 unspecified atom stereocenters. The highest BCUT2D eigenvalue weighted by molar-refractivity contribution is 5.29. The summed E-state index contributed by atoms with van der Waals surface area (Å²) in [5.74, 6) is -1.02. The number of rotatable bonds is 5. The van der Waals surface area contributed by atoms with E-state index in [4.69, 9.17) is 0 Å². The van der Waals surface area contributed by atoms with Crippen LogP contribution in [0.1, 0.15) is 35.5 Å². The van der Waals surface area contributed by atoms with Crippen LogP contribution in [0.2, 0.25) is 0 Å². The average Bonchev–Trinajstić information content (AvgIpc) is 2.72. The fraction of sp³-hybridized carbons (Fsp3) is 0.438. The lowest BCUT2D eigenvalue weighted by molar-refractivity contribution is 0.489. The van der Waals surface area contributed by atoms with Gasteiger partial charge in [-0.15, -0.1) is 0 Å². The maximum absolute atomic E-state index is 14.1. The van der Waals surface area contributed by atoms with Crippen molar-refractivity contribution < 1.29 is 8.78 Å². The molecule has 0 aliphatic carbocycles. The predicted octanol–water partition coefficient (Wildman–Crippen LogP) is 3.21. The second-order valence-corrected chi connectivity index (χ2v) is 5.34. The van der Waals surface area contributed by atoms with Gasteiger partial charge in [-0.2, -0.15) is 5.10 Å². The molecule has 1 atom stereocenters. The quantitative estimate of drug-likeness (QED) is 0.917. The SMILES string of the molecule is CCNC(Cc1cc(C)nn1C)c1cc(C)c(F)cc1F. The van der Waals surface area contributed by atoms with E-state index < -0.39 is 11.6 Å². The Morgan fingerprint density at radius 1 is 1.19 bits per heavy atom. The molecule has 0 spiro atoms. The number of aryl methyl sites for hydroxylation is 3. The van der Waals surface area contributed by atoms with Gasteiger partial charge in [-0.25, -0.2) is 8.78 Å². The fourth-order valence-corrected chi connectivity index (χ4v) is 2.55. The van der Waals surface area contributed by atoms with Crippen molar-refractivity contribution in [3.8, 4) is 0 Å². The largest absolute Gasteiger partial charge is 0.310 e. The Hall–Kier alpha value is -1.75. The van der Waals surface area contributed by atoms with Gasteiger partial charge in [0.1, 0.15) is 11.6 Å². The van der Waals surface area contributed by atoms with Crippen molar-refractivity contribution in [2.45, 2.75) is 33.2 Å². The summed E-state index contributed by atoms with van der Waals surface area (Å²) in [5, 5.41) is 7.57. The summed E-state index contributed by atoms with van der Waals surface area (Å²) in [5.41, 5.74) is 2.89. The Balaban J connectivity index is 2.35. The number of nitrogens with one attached hydrogen (secondary N) is 1. The highest BCUT2D eigenvalue weighted by Gasteiger charge is 2.19. The molecule has 0 fully saturated rings. The molecule has 0 aliphatic rings. The molecule has 0 radical (unpaired) electrons. The summed E-state index contributed by atoms with van der Waals surface area (Å²) in [6.45, 7) is 6.25. The average molecular weight is 293 g/mol. The van der Waals surface area contributed by atoms with Gasteiger partial charge in [0.2, 0.25) is 0 Å². The first-order valence-corrected chi connectivity index (χ1v) is 7.10. The third-order valence-corrected chi connectivity index (χ3v) is 3.62. The highest BCUT2D eigenvalue weighted by Crippen LogP contribution is 2.24. The van der Waals surface area contributed by atoms with Crippen molar-refractivity contribution >= 4 is 0 Å². The number of nitrogens with zero attached hydrogens (tertiary/aromatic N) is 2. The van der Waals surface area contributed by atoms with Crippen molar-refractivity contribution in [3.05, 3.63) is 52.3 Å². The maximum Gasteiger partial charge on any atom is 0.130 e. The molecule has 2 aromatic rings. The van der Waals surface area contributed by atoms with Gasteiger partial charge in [0.25, 0.3) is 0 Å². The number of aromatic nitrogens is 2. The number of halogens is 2. The van der Waals surface area contributed by atoms with Gasteiger partial charge in [-0.3, -0.25) is 4.68 Å². The van der Waals surface area contributed by atoms with Crippen LogP contribution in [-0.4, -0.2) is 16.3 Å². The van der Waals surface area contributed by atoms with E-state index >= 15 is 0 Å². The zero-order chi connectivity index (χ0) is 15.6. The lowest BCUT2D eigenvalue weighted by Crippen LogP contribution is -2.25. The van der Waals surface area contributed by atoms with Crippen LogP contribution in [0.25, 0.3) is 0 Å². The molecular formula is C16H21F2N3. The molecule has 1 N–H and O–H groups in total. The number of likely N-dealkylation sites (N-methyl/N-ethyl adjacent to an activating group) is 1. The topological polar surface area (TPSA) is 29.9 Å². The molecule has 0 amide bonds. The van der Waals surface area contributed by atoms with Crippen molar-refractivity contribution in [1.29, 1.82) is 0 Å². The minimum absolute atomic E-state index is 0.205. The van der Waals surface area contributed by atoms with Gasteiger partial charge in [-0.05, 0) is 38.1 Å². The van der Waals surface area contributed by atoms with Crippen molar-refractivity contribution in [1.82, 2.24) is 15.1 Å². The molecule has 0 saturated carbocycles. The highest BCUT2D eigenvalue weighted by atomic mass is 19.1. The molecule has 1 aromatic heterocycles. The van der Waals surface area contributed by atoms with E-state index in [2.05, 4.69) is 10.4 Å². The van der Waals surface area contributed by atoms with Crippen LogP contribution in [0.4, 0.5) is 8.78 Å². The van der Waals surface area contributed by atoms with Crippen LogP contribution < -0.4 is 5.32 Å². The summed E-state index contributed by atoms with van der Waals surface area (Å²) in [4.78, 5) is 0. The Labute approximate surface area is 124 Å². The smallest absolute Gasteiger partial charge is 0.130 e. The van der Waals surface area contributed by atoms with E-state index in [-0.39, 0.29) is 6.04 Å². The van der Waals surface area contributed by atoms with Crippen LogP contribution in [0.15, 0.2) is 18.2 Å². The van der Waals surface area contributed by atoms with Gasteiger partial charge in [-0.1, -0.05) is 6.92 Å². The number of benzene rings is 1. The summed E-state index contributed by atoms with van der Waals surface area (Å²) >= 11 is 0. The molecule has 0 saturated heterocycles. The first-order chi connectivity index (χ1) is 9.92. The van der Waals surface area contributed by atoms with Gasteiger partial charge in [0.05, 0.1) is 5.69 Å².